The van der Waals surface area contributed by atoms with E-state index in [2.05, 4.69) is 10.3 Å². The Kier molecular flexibility index (Phi) is 5.38. The summed E-state index contributed by atoms with van der Waals surface area (Å²) in [5.41, 5.74) is 0.892. The van der Waals surface area contributed by atoms with Crippen LogP contribution in [0.1, 0.15) is 28.9 Å². The van der Waals surface area contributed by atoms with E-state index in [0.717, 1.165) is 5.69 Å². The Bertz CT molecular complexity index is 743. The molecule has 2 aromatic rings. The van der Waals surface area contributed by atoms with Gasteiger partial charge < -0.3 is 10.2 Å². The van der Waals surface area contributed by atoms with Crippen molar-refractivity contribution in [1.29, 1.82) is 0 Å². The van der Waals surface area contributed by atoms with Gasteiger partial charge in [0.25, 0.3) is 5.91 Å². The summed E-state index contributed by atoms with van der Waals surface area (Å²) in [6.45, 7) is 1.30. The monoisotopic (exact) mass is 341 g/mol. The standard InChI is InChI=1S/C19H20FN3O2/c20-17-7-2-1-6-16(17)19(25)23-11-8-14(9-12-23)18(24)22-13-15-5-3-4-10-21-15/h1-7,10,14H,8-9,11-13H2,(H,22,24). The number of likely N-dealkylation sites (tertiary alicyclic amines) is 1. The van der Waals surface area contributed by atoms with E-state index in [1.165, 1.54) is 12.1 Å². The summed E-state index contributed by atoms with van der Waals surface area (Å²) in [4.78, 5) is 30.4. The van der Waals surface area contributed by atoms with E-state index in [1.54, 1.807) is 23.2 Å². The molecule has 0 unspecified atom stereocenters. The van der Waals surface area contributed by atoms with Gasteiger partial charge in [-0.15, -0.1) is 0 Å². The number of pyridine rings is 1. The second-order valence-electron chi connectivity index (χ2n) is 6.09. The molecule has 1 aliphatic heterocycles. The third kappa shape index (κ3) is 4.21. The van der Waals surface area contributed by atoms with Crippen LogP contribution >= 0.6 is 0 Å². The molecule has 0 radical (unpaired) electrons. The fraction of sp³-hybridized carbons (Fsp3) is 0.316. The first-order valence-corrected chi connectivity index (χ1v) is 8.36. The molecule has 1 aliphatic rings. The maximum absolute atomic E-state index is 13.7. The maximum Gasteiger partial charge on any atom is 0.256 e. The molecule has 6 heteroatoms. The number of carbonyl (C=O) groups is 2. The number of hydrogen-bond acceptors (Lipinski definition) is 3. The van der Waals surface area contributed by atoms with Gasteiger partial charge in [-0.1, -0.05) is 18.2 Å². The van der Waals surface area contributed by atoms with Crippen LogP contribution in [-0.2, 0) is 11.3 Å². The number of nitrogens with zero attached hydrogens (tertiary/aromatic N) is 2. The van der Waals surface area contributed by atoms with Gasteiger partial charge in [0.15, 0.2) is 0 Å². The molecule has 1 aromatic carbocycles. The molecule has 3 rings (SSSR count). The molecule has 1 fully saturated rings. The van der Waals surface area contributed by atoms with Crippen molar-refractivity contribution in [3.8, 4) is 0 Å². The van der Waals surface area contributed by atoms with Crippen molar-refractivity contribution in [1.82, 2.24) is 15.2 Å². The molecule has 2 amide bonds. The molecule has 1 aromatic heterocycles. The van der Waals surface area contributed by atoms with Crippen molar-refractivity contribution < 1.29 is 14.0 Å². The van der Waals surface area contributed by atoms with E-state index < -0.39 is 5.82 Å². The molecule has 25 heavy (non-hydrogen) atoms. The number of amides is 2. The van der Waals surface area contributed by atoms with E-state index in [-0.39, 0.29) is 23.3 Å². The van der Waals surface area contributed by atoms with Gasteiger partial charge in [0, 0.05) is 25.2 Å². The quantitative estimate of drug-likeness (QED) is 0.929. The van der Waals surface area contributed by atoms with Crippen molar-refractivity contribution in [2.45, 2.75) is 19.4 Å². The number of aromatic nitrogens is 1. The molecular formula is C19H20FN3O2. The van der Waals surface area contributed by atoms with Crippen LogP contribution in [0.15, 0.2) is 48.7 Å². The highest BCUT2D eigenvalue weighted by Crippen LogP contribution is 2.20. The summed E-state index contributed by atoms with van der Waals surface area (Å²) >= 11 is 0. The molecule has 0 aliphatic carbocycles. The zero-order valence-corrected chi connectivity index (χ0v) is 13.8. The third-order valence-electron chi connectivity index (χ3n) is 4.43. The number of hydrogen-bond donors (Lipinski definition) is 1. The Morgan fingerprint density at radius 2 is 1.84 bits per heavy atom. The normalized spacial score (nSPS) is 15.0. The van der Waals surface area contributed by atoms with E-state index in [0.29, 0.717) is 32.5 Å². The number of benzene rings is 1. The van der Waals surface area contributed by atoms with Crippen LogP contribution in [0, 0.1) is 11.7 Å². The molecule has 2 heterocycles. The molecule has 5 nitrogen and oxygen atoms in total. The van der Waals surface area contributed by atoms with Crippen molar-refractivity contribution in [2.24, 2.45) is 5.92 Å². The first-order valence-electron chi connectivity index (χ1n) is 8.36. The van der Waals surface area contributed by atoms with Crippen LogP contribution in [0.2, 0.25) is 0 Å². The van der Waals surface area contributed by atoms with Crippen LogP contribution in [-0.4, -0.2) is 34.8 Å². The molecule has 0 bridgehead atoms. The van der Waals surface area contributed by atoms with Crippen molar-refractivity contribution in [3.05, 3.63) is 65.7 Å². The topological polar surface area (TPSA) is 62.3 Å². The summed E-state index contributed by atoms with van der Waals surface area (Å²) in [6.07, 6.45) is 2.84. The predicted molar refractivity (Wildman–Crippen MR) is 91.1 cm³/mol. The van der Waals surface area contributed by atoms with Gasteiger partial charge in [-0.2, -0.15) is 0 Å². The van der Waals surface area contributed by atoms with Crippen LogP contribution in [0.4, 0.5) is 4.39 Å². The largest absolute Gasteiger partial charge is 0.350 e. The van der Waals surface area contributed by atoms with Gasteiger partial charge in [-0.3, -0.25) is 14.6 Å². The highest BCUT2D eigenvalue weighted by Gasteiger charge is 2.28. The van der Waals surface area contributed by atoms with E-state index in [1.807, 2.05) is 18.2 Å². The summed E-state index contributed by atoms with van der Waals surface area (Å²) in [6, 6.07) is 11.5. The Hall–Kier alpha value is -2.76. The van der Waals surface area contributed by atoms with Gasteiger partial charge in [0.2, 0.25) is 5.91 Å². The molecule has 0 atom stereocenters. The molecule has 130 valence electrons. The van der Waals surface area contributed by atoms with Crippen LogP contribution < -0.4 is 5.32 Å². The molecule has 0 saturated carbocycles. The Balaban J connectivity index is 1.50. The average Bonchev–Trinajstić information content (AvgIpc) is 2.67. The van der Waals surface area contributed by atoms with Crippen molar-refractivity contribution in [3.63, 3.8) is 0 Å². The van der Waals surface area contributed by atoms with Crippen LogP contribution in [0.25, 0.3) is 0 Å². The second kappa shape index (κ2) is 7.88. The lowest BCUT2D eigenvalue weighted by atomic mass is 9.95. The highest BCUT2D eigenvalue weighted by atomic mass is 19.1. The van der Waals surface area contributed by atoms with Gasteiger partial charge in [0.05, 0.1) is 17.8 Å². The molecule has 1 N–H and O–H groups in total. The fourth-order valence-corrected chi connectivity index (χ4v) is 2.97. The summed E-state index contributed by atoms with van der Waals surface area (Å²) in [5.74, 6) is -0.981. The summed E-state index contributed by atoms with van der Waals surface area (Å²) in [7, 11) is 0. The fourth-order valence-electron chi connectivity index (χ4n) is 2.97. The second-order valence-corrected chi connectivity index (χ2v) is 6.09. The first kappa shape index (κ1) is 17.1. The lowest BCUT2D eigenvalue weighted by Gasteiger charge is -2.31. The van der Waals surface area contributed by atoms with Gasteiger partial charge in [0.1, 0.15) is 5.82 Å². The minimum Gasteiger partial charge on any atom is -0.350 e. The van der Waals surface area contributed by atoms with Crippen LogP contribution in [0.3, 0.4) is 0 Å². The maximum atomic E-state index is 13.7. The SMILES string of the molecule is O=C(NCc1ccccn1)C1CCN(C(=O)c2ccccc2F)CC1. The number of piperidine rings is 1. The number of halogens is 1. The van der Waals surface area contributed by atoms with Crippen molar-refractivity contribution >= 4 is 11.8 Å². The van der Waals surface area contributed by atoms with E-state index in [4.69, 9.17) is 0 Å². The van der Waals surface area contributed by atoms with Gasteiger partial charge >= 0.3 is 0 Å². The summed E-state index contributed by atoms with van der Waals surface area (Å²) < 4.78 is 13.7. The zero-order chi connectivity index (χ0) is 17.6. The predicted octanol–water partition coefficient (Wildman–Crippen LogP) is 2.39. The third-order valence-corrected chi connectivity index (χ3v) is 4.43. The lowest BCUT2D eigenvalue weighted by Crippen LogP contribution is -2.43. The minimum atomic E-state index is -0.511. The molecule has 0 spiro atoms. The van der Waals surface area contributed by atoms with Gasteiger partial charge in [-0.25, -0.2) is 4.39 Å². The molecule has 1 saturated heterocycles. The Labute approximate surface area is 145 Å². The first-order chi connectivity index (χ1) is 12.1. The Morgan fingerprint density at radius 1 is 1.12 bits per heavy atom. The number of rotatable bonds is 4. The Morgan fingerprint density at radius 3 is 2.52 bits per heavy atom. The number of nitrogens with one attached hydrogen (secondary N) is 1. The minimum absolute atomic E-state index is 0.0244. The lowest BCUT2D eigenvalue weighted by molar-refractivity contribution is -0.126. The summed E-state index contributed by atoms with van der Waals surface area (Å²) in [5, 5.41) is 2.89. The number of carbonyl (C=O) groups excluding carboxylic acids is 2. The zero-order valence-electron chi connectivity index (χ0n) is 13.8. The average molecular weight is 341 g/mol. The van der Waals surface area contributed by atoms with Crippen LogP contribution in [0.5, 0.6) is 0 Å². The molecular weight excluding hydrogens is 321 g/mol. The van der Waals surface area contributed by atoms with E-state index >= 15 is 0 Å². The smallest absolute Gasteiger partial charge is 0.256 e. The van der Waals surface area contributed by atoms with Crippen molar-refractivity contribution in [2.75, 3.05) is 13.1 Å². The van der Waals surface area contributed by atoms with Gasteiger partial charge in [-0.05, 0) is 37.1 Å². The van der Waals surface area contributed by atoms with E-state index in [9.17, 15) is 14.0 Å². The highest BCUT2D eigenvalue weighted by molar-refractivity contribution is 5.94.